The van der Waals surface area contributed by atoms with Gasteiger partial charge in [-0.05, 0) is 65.0 Å². The molecule has 0 unspecified atom stereocenters. The number of hydrogen-bond acceptors (Lipinski definition) is 4. The average Bonchev–Trinajstić information content (AvgIpc) is 3.16. The van der Waals surface area contributed by atoms with Gasteiger partial charge in [0.2, 0.25) is 16.6 Å². The van der Waals surface area contributed by atoms with Gasteiger partial charge >= 0.3 is 0 Å². The van der Waals surface area contributed by atoms with Crippen molar-refractivity contribution in [3.63, 3.8) is 0 Å². The molecule has 34 heavy (non-hydrogen) atoms. The van der Waals surface area contributed by atoms with Crippen LogP contribution in [0.5, 0.6) is 0 Å². The summed E-state index contributed by atoms with van der Waals surface area (Å²) in [7, 11) is -4.28. The molecule has 4 nitrogen and oxygen atoms in total. The van der Waals surface area contributed by atoms with Crippen LogP contribution in [0.25, 0.3) is 0 Å². The van der Waals surface area contributed by atoms with Gasteiger partial charge in [-0.1, -0.05) is 83.1 Å². The molecule has 0 aromatic carbocycles. The molecule has 0 aromatic heterocycles. The summed E-state index contributed by atoms with van der Waals surface area (Å²) in [6.45, 7) is 28.5. The molecule has 1 aliphatic carbocycles. The minimum atomic E-state index is -2.15. The van der Waals surface area contributed by atoms with Crippen LogP contribution < -0.4 is 0 Å². The third-order valence-corrected chi connectivity index (χ3v) is 21.3. The largest absolute Gasteiger partial charge is 0.492 e. The Bertz CT molecular complexity index is 634. The van der Waals surface area contributed by atoms with E-state index in [1.54, 1.807) is 0 Å². The summed E-state index contributed by atoms with van der Waals surface area (Å²) in [5, 5.41) is 11.4. The Kier molecular flexibility index (Phi) is 10.2. The van der Waals surface area contributed by atoms with E-state index in [2.05, 4.69) is 89.2 Å². The normalized spacial score (nSPS) is 24.1. The summed E-state index contributed by atoms with van der Waals surface area (Å²) < 4.78 is 21.0. The fourth-order valence-electron chi connectivity index (χ4n) is 7.59. The van der Waals surface area contributed by atoms with E-state index in [0.29, 0.717) is 39.9 Å². The molecule has 0 saturated heterocycles. The van der Waals surface area contributed by atoms with E-state index in [0.717, 1.165) is 31.4 Å². The first-order chi connectivity index (χ1) is 15.6. The van der Waals surface area contributed by atoms with Crippen molar-refractivity contribution >= 4 is 16.6 Å². The molecule has 0 aromatic rings. The standard InChI is InChI=1S/C28H56O4Si2/c1-19(2)33(20(3)4,21(5)6)31-25-17-27(28(29)15-13-14-16-28)30-18-26(25)32-34(22(7)8,23(9)10)24(11)12/h17,19-26,29H,13-16,18H2,1-12H3/t25-,26+/m0/s1. The second-order valence-corrected chi connectivity index (χ2v) is 23.8. The van der Waals surface area contributed by atoms with Gasteiger partial charge in [-0.3, -0.25) is 0 Å². The Labute approximate surface area is 213 Å². The Balaban J connectivity index is 2.56. The lowest BCUT2D eigenvalue weighted by molar-refractivity contribution is -0.0517. The minimum absolute atomic E-state index is 0.129. The molecule has 0 amide bonds. The van der Waals surface area contributed by atoms with Crippen LogP contribution in [0, 0.1) is 0 Å². The van der Waals surface area contributed by atoms with Crippen LogP contribution in [0.2, 0.25) is 33.2 Å². The molecule has 2 aliphatic rings. The van der Waals surface area contributed by atoms with Crippen molar-refractivity contribution < 1.29 is 18.7 Å². The quantitative estimate of drug-likeness (QED) is 0.283. The van der Waals surface area contributed by atoms with Crippen molar-refractivity contribution in [3.05, 3.63) is 11.8 Å². The van der Waals surface area contributed by atoms with E-state index in [9.17, 15) is 5.11 Å². The predicted molar refractivity (Wildman–Crippen MR) is 149 cm³/mol. The van der Waals surface area contributed by atoms with E-state index in [1.807, 2.05) is 0 Å². The van der Waals surface area contributed by atoms with Gasteiger partial charge in [0.05, 0.1) is 6.10 Å². The topological polar surface area (TPSA) is 47.9 Å². The number of hydrogen-bond donors (Lipinski definition) is 1. The van der Waals surface area contributed by atoms with E-state index in [4.69, 9.17) is 13.6 Å². The van der Waals surface area contributed by atoms with Crippen molar-refractivity contribution in [2.24, 2.45) is 0 Å². The van der Waals surface area contributed by atoms with Crippen LogP contribution in [0.15, 0.2) is 11.8 Å². The molecule has 1 aliphatic heterocycles. The molecule has 1 saturated carbocycles. The van der Waals surface area contributed by atoms with Gasteiger partial charge in [-0.2, -0.15) is 0 Å². The third kappa shape index (κ3) is 5.56. The molecule has 1 heterocycles. The summed E-state index contributed by atoms with van der Waals surface area (Å²) in [4.78, 5) is 0. The zero-order chi connectivity index (χ0) is 26.1. The molecular formula is C28H56O4Si2. The van der Waals surface area contributed by atoms with Gasteiger partial charge in [0.1, 0.15) is 24.1 Å². The molecule has 1 N–H and O–H groups in total. The fourth-order valence-corrected chi connectivity index (χ4v) is 18.6. The molecule has 1 fully saturated rings. The Morgan fingerprint density at radius 2 is 1.12 bits per heavy atom. The molecule has 2 rings (SSSR count). The van der Waals surface area contributed by atoms with Crippen molar-refractivity contribution in [2.45, 2.75) is 160 Å². The lowest BCUT2D eigenvalue weighted by Gasteiger charge is -2.50. The zero-order valence-corrected chi connectivity index (χ0v) is 26.4. The molecule has 0 radical (unpaired) electrons. The van der Waals surface area contributed by atoms with E-state index >= 15 is 0 Å². The number of ether oxygens (including phenoxy) is 1. The van der Waals surface area contributed by atoms with Crippen molar-refractivity contribution in [1.82, 2.24) is 0 Å². The highest BCUT2D eigenvalue weighted by molar-refractivity contribution is 6.78. The predicted octanol–water partition coefficient (Wildman–Crippen LogP) is 8.33. The second kappa shape index (κ2) is 11.5. The highest BCUT2D eigenvalue weighted by atomic mass is 28.4. The minimum Gasteiger partial charge on any atom is -0.492 e. The molecule has 0 bridgehead atoms. The number of aliphatic hydroxyl groups is 1. The van der Waals surface area contributed by atoms with Crippen LogP contribution in [0.1, 0.15) is 109 Å². The molecular weight excluding hydrogens is 456 g/mol. The smallest absolute Gasteiger partial charge is 0.201 e. The maximum atomic E-state index is 11.4. The zero-order valence-electron chi connectivity index (χ0n) is 24.4. The average molecular weight is 513 g/mol. The summed E-state index contributed by atoms with van der Waals surface area (Å²) in [6.07, 6.45) is 5.49. The lowest BCUT2D eigenvalue weighted by Crippen LogP contribution is -2.58. The Morgan fingerprint density at radius 3 is 1.50 bits per heavy atom. The maximum Gasteiger partial charge on any atom is 0.201 e. The first-order valence-electron chi connectivity index (χ1n) is 14.1. The van der Waals surface area contributed by atoms with Crippen LogP contribution in [-0.4, -0.2) is 46.2 Å². The van der Waals surface area contributed by atoms with Gasteiger partial charge in [-0.15, -0.1) is 0 Å². The van der Waals surface area contributed by atoms with E-state index in [-0.39, 0.29) is 12.2 Å². The van der Waals surface area contributed by atoms with Crippen molar-refractivity contribution in [3.8, 4) is 0 Å². The Hall–Kier alpha value is -0.146. The van der Waals surface area contributed by atoms with Gasteiger partial charge in [0, 0.05) is 0 Å². The highest BCUT2D eigenvalue weighted by Gasteiger charge is 2.52. The number of rotatable bonds is 11. The third-order valence-electron chi connectivity index (χ3n) is 9.08. The SMILES string of the molecule is CC(C)[Si](O[C@H]1C=C(C2(O)CCCC2)OC[C@H]1O[Si](C(C)C)(C(C)C)C(C)C)(C(C)C)C(C)C. The first-order valence-corrected chi connectivity index (χ1v) is 18.4. The van der Waals surface area contributed by atoms with Crippen LogP contribution in [-0.2, 0) is 13.6 Å². The van der Waals surface area contributed by atoms with Gasteiger partial charge in [0.15, 0.2) is 0 Å². The molecule has 0 spiro atoms. The molecule has 2 atom stereocenters. The molecule has 6 heteroatoms. The summed E-state index contributed by atoms with van der Waals surface area (Å²) >= 11 is 0. The van der Waals surface area contributed by atoms with Crippen molar-refractivity contribution in [1.29, 1.82) is 0 Å². The van der Waals surface area contributed by atoms with E-state index in [1.165, 1.54) is 0 Å². The summed E-state index contributed by atoms with van der Waals surface area (Å²) in [5.41, 5.74) is 2.13. The summed E-state index contributed by atoms with van der Waals surface area (Å²) in [5.74, 6) is 0.736. The first kappa shape index (κ1) is 30.1. The summed E-state index contributed by atoms with van der Waals surface area (Å²) in [6, 6.07) is 0. The van der Waals surface area contributed by atoms with Gasteiger partial charge in [-0.25, -0.2) is 0 Å². The highest BCUT2D eigenvalue weighted by Crippen LogP contribution is 2.48. The van der Waals surface area contributed by atoms with Crippen LogP contribution >= 0.6 is 0 Å². The van der Waals surface area contributed by atoms with Crippen LogP contribution in [0.3, 0.4) is 0 Å². The van der Waals surface area contributed by atoms with Crippen LogP contribution in [0.4, 0.5) is 0 Å². The van der Waals surface area contributed by atoms with E-state index < -0.39 is 22.2 Å². The van der Waals surface area contributed by atoms with Gasteiger partial charge < -0.3 is 18.7 Å². The van der Waals surface area contributed by atoms with Crippen molar-refractivity contribution in [2.75, 3.05) is 6.61 Å². The molecule has 200 valence electrons. The maximum absolute atomic E-state index is 11.4. The fraction of sp³-hybridized carbons (Fsp3) is 0.929. The Morgan fingerprint density at radius 1 is 0.735 bits per heavy atom. The second-order valence-electron chi connectivity index (χ2n) is 13.0. The lowest BCUT2D eigenvalue weighted by atomic mass is 9.96. The van der Waals surface area contributed by atoms with Gasteiger partial charge in [0.25, 0.3) is 0 Å². The monoisotopic (exact) mass is 512 g/mol.